The first-order valence-corrected chi connectivity index (χ1v) is 6.55. The lowest BCUT2D eigenvalue weighted by atomic mass is 9.70. The van der Waals surface area contributed by atoms with Crippen LogP contribution < -0.4 is 5.32 Å². The van der Waals surface area contributed by atoms with E-state index in [-0.39, 0.29) is 5.41 Å². The monoisotopic (exact) mass is 231 g/mol. The van der Waals surface area contributed by atoms with Crippen molar-refractivity contribution in [2.45, 2.75) is 38.0 Å². The minimum absolute atomic E-state index is 0.0829. The molecule has 0 radical (unpaired) electrons. The van der Waals surface area contributed by atoms with E-state index in [0.29, 0.717) is 18.6 Å². The van der Waals surface area contributed by atoms with E-state index in [0.717, 1.165) is 25.9 Å². The molecule has 92 valence electrons. The molecule has 1 saturated heterocycles. The van der Waals surface area contributed by atoms with Crippen LogP contribution in [0.3, 0.4) is 0 Å². The number of ketones is 1. The highest BCUT2D eigenvalue weighted by Crippen LogP contribution is 2.37. The molecule has 1 fully saturated rings. The third-order valence-electron chi connectivity index (χ3n) is 3.88. The summed E-state index contributed by atoms with van der Waals surface area (Å²) < 4.78 is 0. The zero-order valence-corrected chi connectivity index (χ0v) is 10.5. The number of nitrogens with one attached hydrogen (secondary N) is 1. The Hall–Kier alpha value is -1.15. The summed E-state index contributed by atoms with van der Waals surface area (Å²) >= 11 is 0. The number of Topliss-reactive ketones (excluding diaryl/α,β-unsaturated/α-hetero) is 1. The Morgan fingerprint density at radius 2 is 1.88 bits per heavy atom. The van der Waals surface area contributed by atoms with E-state index in [1.54, 1.807) is 0 Å². The van der Waals surface area contributed by atoms with Gasteiger partial charge in [0.1, 0.15) is 5.78 Å². The molecule has 1 aromatic carbocycles. The first kappa shape index (κ1) is 12.3. The van der Waals surface area contributed by atoms with Crippen LogP contribution in [0, 0.1) is 0 Å². The van der Waals surface area contributed by atoms with E-state index in [1.807, 2.05) is 13.0 Å². The molecule has 1 heterocycles. The van der Waals surface area contributed by atoms with Crippen molar-refractivity contribution in [1.82, 2.24) is 5.32 Å². The van der Waals surface area contributed by atoms with Crippen LogP contribution in [-0.4, -0.2) is 18.9 Å². The van der Waals surface area contributed by atoms with Gasteiger partial charge in [0.25, 0.3) is 0 Å². The molecule has 0 unspecified atom stereocenters. The lowest BCUT2D eigenvalue weighted by molar-refractivity contribution is -0.120. The Morgan fingerprint density at radius 1 is 1.24 bits per heavy atom. The van der Waals surface area contributed by atoms with Crippen molar-refractivity contribution in [3.05, 3.63) is 35.9 Å². The molecular formula is C15H21NO. The van der Waals surface area contributed by atoms with Crippen molar-refractivity contribution in [3.8, 4) is 0 Å². The summed E-state index contributed by atoms with van der Waals surface area (Å²) in [6.07, 6.45) is 3.50. The van der Waals surface area contributed by atoms with Gasteiger partial charge in [0.05, 0.1) is 0 Å². The average Bonchev–Trinajstić information content (AvgIpc) is 2.40. The second-order valence-electron chi connectivity index (χ2n) is 4.97. The largest absolute Gasteiger partial charge is 0.317 e. The Bertz CT molecular complexity index is 366. The fraction of sp³-hybridized carbons (Fsp3) is 0.533. The molecular weight excluding hydrogens is 210 g/mol. The van der Waals surface area contributed by atoms with Crippen LogP contribution in [0.4, 0.5) is 0 Å². The molecule has 0 aromatic heterocycles. The predicted molar refractivity (Wildman–Crippen MR) is 70.1 cm³/mol. The third kappa shape index (κ3) is 2.75. The van der Waals surface area contributed by atoms with Gasteiger partial charge in [-0.15, -0.1) is 0 Å². The summed E-state index contributed by atoms with van der Waals surface area (Å²) in [5, 5.41) is 3.39. The Balaban J connectivity index is 2.26. The minimum Gasteiger partial charge on any atom is -0.317 e. The zero-order valence-electron chi connectivity index (χ0n) is 10.5. The molecule has 0 aliphatic carbocycles. The van der Waals surface area contributed by atoms with Crippen molar-refractivity contribution in [2.24, 2.45) is 0 Å². The number of carbonyl (C=O) groups is 1. The van der Waals surface area contributed by atoms with E-state index in [9.17, 15) is 4.79 Å². The fourth-order valence-electron chi connectivity index (χ4n) is 2.77. The lowest BCUT2D eigenvalue weighted by Gasteiger charge is -2.38. The topological polar surface area (TPSA) is 29.1 Å². The Kier molecular flexibility index (Phi) is 3.95. The quantitative estimate of drug-likeness (QED) is 0.863. The molecule has 0 atom stereocenters. The van der Waals surface area contributed by atoms with E-state index in [1.165, 1.54) is 5.56 Å². The standard InChI is InChI=1S/C15H21NO/c1-2-14(17)12-15(8-10-16-11-9-15)13-6-4-3-5-7-13/h3-7,16H,2,8-12H2,1H3. The SMILES string of the molecule is CCC(=O)CC1(c2ccccc2)CCNCC1. The summed E-state index contributed by atoms with van der Waals surface area (Å²) in [4.78, 5) is 11.8. The summed E-state index contributed by atoms with van der Waals surface area (Å²) in [6, 6.07) is 10.5. The van der Waals surface area contributed by atoms with Gasteiger partial charge in [0.15, 0.2) is 0 Å². The van der Waals surface area contributed by atoms with Crippen LogP contribution in [0.2, 0.25) is 0 Å². The predicted octanol–water partition coefficient (Wildman–Crippen LogP) is 2.68. The van der Waals surface area contributed by atoms with Crippen molar-refractivity contribution in [2.75, 3.05) is 13.1 Å². The molecule has 1 N–H and O–H groups in total. The van der Waals surface area contributed by atoms with Crippen LogP contribution >= 0.6 is 0 Å². The van der Waals surface area contributed by atoms with Gasteiger partial charge in [-0.25, -0.2) is 0 Å². The van der Waals surface area contributed by atoms with E-state index in [2.05, 4.69) is 29.6 Å². The Labute approximate surface area is 103 Å². The number of rotatable bonds is 4. The highest BCUT2D eigenvalue weighted by molar-refractivity contribution is 5.79. The van der Waals surface area contributed by atoms with Crippen LogP contribution in [-0.2, 0) is 10.2 Å². The average molecular weight is 231 g/mol. The smallest absolute Gasteiger partial charge is 0.133 e. The minimum atomic E-state index is 0.0829. The first-order chi connectivity index (χ1) is 8.27. The van der Waals surface area contributed by atoms with Gasteiger partial charge in [-0.3, -0.25) is 4.79 Å². The maximum atomic E-state index is 11.8. The summed E-state index contributed by atoms with van der Waals surface area (Å²) in [7, 11) is 0. The molecule has 1 aliphatic heterocycles. The van der Waals surface area contributed by atoms with Crippen molar-refractivity contribution in [3.63, 3.8) is 0 Å². The third-order valence-corrected chi connectivity index (χ3v) is 3.88. The number of benzene rings is 1. The molecule has 0 saturated carbocycles. The molecule has 2 nitrogen and oxygen atoms in total. The van der Waals surface area contributed by atoms with Crippen LogP contribution in [0.15, 0.2) is 30.3 Å². The number of hydrogen-bond donors (Lipinski definition) is 1. The van der Waals surface area contributed by atoms with Gasteiger partial charge >= 0.3 is 0 Å². The summed E-state index contributed by atoms with van der Waals surface area (Å²) in [5.74, 6) is 0.385. The molecule has 17 heavy (non-hydrogen) atoms. The molecule has 0 amide bonds. The van der Waals surface area contributed by atoms with Crippen LogP contribution in [0.5, 0.6) is 0 Å². The molecule has 0 bridgehead atoms. The van der Waals surface area contributed by atoms with E-state index < -0.39 is 0 Å². The summed E-state index contributed by atoms with van der Waals surface area (Å²) in [6.45, 7) is 4.00. The summed E-state index contributed by atoms with van der Waals surface area (Å²) in [5.41, 5.74) is 1.42. The molecule has 1 aromatic rings. The molecule has 2 rings (SSSR count). The highest BCUT2D eigenvalue weighted by Gasteiger charge is 2.35. The highest BCUT2D eigenvalue weighted by atomic mass is 16.1. The molecule has 1 aliphatic rings. The van der Waals surface area contributed by atoms with Crippen molar-refractivity contribution >= 4 is 5.78 Å². The van der Waals surface area contributed by atoms with Gasteiger partial charge in [-0.2, -0.15) is 0 Å². The molecule has 0 spiro atoms. The van der Waals surface area contributed by atoms with Gasteiger partial charge < -0.3 is 5.32 Å². The molecule has 2 heteroatoms. The number of hydrogen-bond acceptors (Lipinski definition) is 2. The van der Waals surface area contributed by atoms with Gasteiger partial charge in [0.2, 0.25) is 0 Å². The lowest BCUT2D eigenvalue weighted by Crippen LogP contribution is -2.41. The number of carbonyl (C=O) groups excluding carboxylic acids is 1. The van der Waals surface area contributed by atoms with E-state index in [4.69, 9.17) is 0 Å². The van der Waals surface area contributed by atoms with Gasteiger partial charge in [-0.1, -0.05) is 37.3 Å². The van der Waals surface area contributed by atoms with E-state index >= 15 is 0 Å². The first-order valence-electron chi connectivity index (χ1n) is 6.55. The van der Waals surface area contributed by atoms with Crippen molar-refractivity contribution in [1.29, 1.82) is 0 Å². The second kappa shape index (κ2) is 5.46. The Morgan fingerprint density at radius 3 is 2.47 bits per heavy atom. The van der Waals surface area contributed by atoms with Crippen LogP contribution in [0.25, 0.3) is 0 Å². The normalized spacial score (nSPS) is 18.9. The van der Waals surface area contributed by atoms with Gasteiger partial charge in [0, 0.05) is 18.3 Å². The van der Waals surface area contributed by atoms with Gasteiger partial charge in [-0.05, 0) is 31.5 Å². The van der Waals surface area contributed by atoms with Crippen molar-refractivity contribution < 1.29 is 4.79 Å². The maximum Gasteiger partial charge on any atom is 0.133 e. The van der Waals surface area contributed by atoms with Crippen LogP contribution in [0.1, 0.15) is 38.2 Å². The zero-order chi connectivity index (χ0) is 12.1. The number of piperidine rings is 1. The fourth-order valence-corrected chi connectivity index (χ4v) is 2.77. The second-order valence-corrected chi connectivity index (χ2v) is 4.97. The maximum absolute atomic E-state index is 11.8.